The third-order valence-corrected chi connectivity index (χ3v) is 3.46. The van der Waals surface area contributed by atoms with Gasteiger partial charge < -0.3 is 5.32 Å². The zero-order valence-electron chi connectivity index (χ0n) is 10.9. The second-order valence-corrected chi connectivity index (χ2v) is 5.10. The normalized spacial score (nSPS) is 17.4. The fourth-order valence-corrected chi connectivity index (χ4v) is 1.91. The van der Waals surface area contributed by atoms with Crippen molar-refractivity contribution in [3.8, 4) is 0 Å². The van der Waals surface area contributed by atoms with E-state index in [1.165, 1.54) is 19.3 Å². The van der Waals surface area contributed by atoms with Gasteiger partial charge in [0.25, 0.3) is 0 Å². The van der Waals surface area contributed by atoms with Crippen molar-refractivity contribution in [1.82, 2.24) is 15.2 Å². The van der Waals surface area contributed by atoms with Crippen LogP contribution >= 0.6 is 0 Å². The highest BCUT2D eigenvalue weighted by atomic mass is 15.1. The summed E-state index contributed by atoms with van der Waals surface area (Å²) in [5.41, 5.74) is 1.15. The summed E-state index contributed by atoms with van der Waals surface area (Å²) in [5, 5.41) is 3.56. The van der Waals surface area contributed by atoms with E-state index in [2.05, 4.69) is 41.3 Å². The number of aromatic nitrogens is 1. The molecule has 0 bridgehead atoms. The second-order valence-electron chi connectivity index (χ2n) is 5.10. The smallest absolute Gasteiger partial charge is 0.0543 e. The zero-order valence-corrected chi connectivity index (χ0v) is 10.9. The highest BCUT2D eigenvalue weighted by Gasteiger charge is 2.20. The molecule has 1 fully saturated rings. The lowest BCUT2D eigenvalue weighted by atomic mass is 10.2. The van der Waals surface area contributed by atoms with Gasteiger partial charge in [-0.15, -0.1) is 0 Å². The number of hydrogen-bond acceptors (Lipinski definition) is 3. The number of nitrogens with zero attached hydrogens (tertiary/aromatic N) is 2. The van der Waals surface area contributed by atoms with Crippen LogP contribution in [0.25, 0.3) is 0 Å². The maximum atomic E-state index is 4.36. The molecule has 1 N–H and O–H groups in total. The molecular formula is C14H23N3. The van der Waals surface area contributed by atoms with Crippen LogP contribution in [0.1, 0.15) is 31.9 Å². The molecule has 1 atom stereocenters. The molecule has 1 heterocycles. The molecule has 2 rings (SSSR count). The van der Waals surface area contributed by atoms with Crippen molar-refractivity contribution in [2.45, 2.75) is 44.8 Å². The highest BCUT2D eigenvalue weighted by molar-refractivity contribution is 5.03. The summed E-state index contributed by atoms with van der Waals surface area (Å²) in [6.45, 7) is 4.36. The summed E-state index contributed by atoms with van der Waals surface area (Å²) in [6.07, 6.45) is 5.82. The Morgan fingerprint density at radius 2 is 2.29 bits per heavy atom. The van der Waals surface area contributed by atoms with E-state index < -0.39 is 0 Å². The minimum atomic E-state index is 0.600. The molecule has 1 saturated carbocycles. The van der Waals surface area contributed by atoms with E-state index in [4.69, 9.17) is 0 Å². The van der Waals surface area contributed by atoms with Crippen LogP contribution in [-0.4, -0.2) is 35.6 Å². The lowest BCUT2D eigenvalue weighted by Crippen LogP contribution is -2.32. The lowest BCUT2D eigenvalue weighted by Gasteiger charge is -2.24. The largest absolute Gasteiger partial charge is 0.314 e. The Kier molecular flexibility index (Phi) is 4.51. The summed E-state index contributed by atoms with van der Waals surface area (Å²) in [7, 11) is 2.18. The average molecular weight is 233 g/mol. The third-order valence-electron chi connectivity index (χ3n) is 3.46. The fraction of sp³-hybridized carbons (Fsp3) is 0.643. The Morgan fingerprint density at radius 1 is 1.47 bits per heavy atom. The molecule has 17 heavy (non-hydrogen) atoms. The van der Waals surface area contributed by atoms with Gasteiger partial charge in [0.1, 0.15) is 0 Å². The van der Waals surface area contributed by atoms with Crippen LogP contribution in [-0.2, 0) is 6.54 Å². The van der Waals surface area contributed by atoms with Crippen LogP contribution in [0.4, 0.5) is 0 Å². The molecule has 3 heteroatoms. The van der Waals surface area contributed by atoms with Crippen molar-refractivity contribution in [3.63, 3.8) is 0 Å². The van der Waals surface area contributed by atoms with Gasteiger partial charge >= 0.3 is 0 Å². The van der Waals surface area contributed by atoms with Gasteiger partial charge in [0, 0.05) is 24.8 Å². The van der Waals surface area contributed by atoms with Gasteiger partial charge in [0.2, 0.25) is 0 Å². The van der Waals surface area contributed by atoms with Crippen LogP contribution in [0, 0.1) is 0 Å². The summed E-state index contributed by atoms with van der Waals surface area (Å²) >= 11 is 0. The van der Waals surface area contributed by atoms with E-state index in [9.17, 15) is 0 Å². The molecule has 94 valence electrons. The van der Waals surface area contributed by atoms with E-state index in [1.54, 1.807) is 0 Å². The molecule has 1 aromatic rings. The number of rotatable bonds is 7. The molecule has 0 aliphatic heterocycles. The second kappa shape index (κ2) is 6.12. The van der Waals surface area contributed by atoms with Crippen molar-refractivity contribution in [1.29, 1.82) is 0 Å². The van der Waals surface area contributed by atoms with Crippen LogP contribution in [0.5, 0.6) is 0 Å². The first-order chi connectivity index (χ1) is 8.25. The quantitative estimate of drug-likeness (QED) is 0.781. The van der Waals surface area contributed by atoms with Gasteiger partial charge in [0.15, 0.2) is 0 Å². The van der Waals surface area contributed by atoms with Crippen LogP contribution < -0.4 is 5.32 Å². The van der Waals surface area contributed by atoms with Crippen LogP contribution in [0.3, 0.4) is 0 Å². The molecule has 1 unspecified atom stereocenters. The van der Waals surface area contributed by atoms with E-state index in [1.807, 2.05) is 12.3 Å². The van der Waals surface area contributed by atoms with Crippen LogP contribution in [0.15, 0.2) is 24.4 Å². The molecule has 0 radical (unpaired) electrons. The van der Waals surface area contributed by atoms with E-state index >= 15 is 0 Å². The first-order valence-corrected chi connectivity index (χ1v) is 6.59. The van der Waals surface area contributed by atoms with Crippen molar-refractivity contribution in [3.05, 3.63) is 30.1 Å². The Labute approximate surface area is 104 Å². The van der Waals surface area contributed by atoms with E-state index in [0.29, 0.717) is 6.04 Å². The molecule has 1 aliphatic rings. The molecule has 1 aliphatic carbocycles. The zero-order chi connectivity index (χ0) is 12.1. The molecular weight excluding hydrogens is 210 g/mol. The SMILES string of the molecule is CC(CCNC1CC1)N(C)Cc1ccccn1. The standard InChI is InChI=1S/C14H23N3/c1-12(8-10-16-13-6-7-13)17(2)11-14-5-3-4-9-15-14/h3-5,9,12-13,16H,6-8,10-11H2,1-2H3. The molecule has 3 nitrogen and oxygen atoms in total. The van der Waals surface area contributed by atoms with E-state index in [0.717, 1.165) is 24.8 Å². The first kappa shape index (κ1) is 12.5. The molecule has 1 aromatic heterocycles. The molecule has 0 spiro atoms. The predicted molar refractivity (Wildman–Crippen MR) is 70.8 cm³/mol. The van der Waals surface area contributed by atoms with Crippen molar-refractivity contribution in [2.75, 3.05) is 13.6 Å². The number of nitrogens with one attached hydrogen (secondary N) is 1. The summed E-state index contributed by atoms with van der Waals surface area (Å²) in [4.78, 5) is 6.73. The number of hydrogen-bond donors (Lipinski definition) is 1. The monoisotopic (exact) mass is 233 g/mol. The van der Waals surface area contributed by atoms with Gasteiger partial charge in [-0.1, -0.05) is 6.07 Å². The summed E-state index contributed by atoms with van der Waals surface area (Å²) < 4.78 is 0. The lowest BCUT2D eigenvalue weighted by molar-refractivity contribution is 0.234. The third kappa shape index (κ3) is 4.44. The van der Waals surface area contributed by atoms with Crippen LogP contribution in [0.2, 0.25) is 0 Å². The highest BCUT2D eigenvalue weighted by Crippen LogP contribution is 2.18. The van der Waals surface area contributed by atoms with Gasteiger partial charge in [-0.25, -0.2) is 0 Å². The minimum Gasteiger partial charge on any atom is -0.314 e. The summed E-state index contributed by atoms with van der Waals surface area (Å²) in [5.74, 6) is 0. The molecule has 0 saturated heterocycles. The molecule has 0 aromatic carbocycles. The predicted octanol–water partition coefficient (Wildman–Crippen LogP) is 2.04. The Balaban J connectivity index is 1.68. The Bertz CT molecular complexity index is 321. The van der Waals surface area contributed by atoms with Gasteiger partial charge in [-0.2, -0.15) is 0 Å². The Hall–Kier alpha value is -0.930. The number of pyridine rings is 1. The van der Waals surface area contributed by atoms with Gasteiger partial charge in [-0.3, -0.25) is 9.88 Å². The maximum Gasteiger partial charge on any atom is 0.0543 e. The summed E-state index contributed by atoms with van der Waals surface area (Å²) in [6, 6.07) is 7.53. The van der Waals surface area contributed by atoms with Gasteiger partial charge in [0.05, 0.1) is 5.69 Å². The van der Waals surface area contributed by atoms with Crippen molar-refractivity contribution in [2.24, 2.45) is 0 Å². The minimum absolute atomic E-state index is 0.600. The maximum absolute atomic E-state index is 4.36. The van der Waals surface area contributed by atoms with Crippen molar-refractivity contribution >= 4 is 0 Å². The Morgan fingerprint density at radius 3 is 2.94 bits per heavy atom. The topological polar surface area (TPSA) is 28.2 Å². The van der Waals surface area contributed by atoms with E-state index in [-0.39, 0.29) is 0 Å². The van der Waals surface area contributed by atoms with Gasteiger partial charge in [-0.05, 0) is 51.9 Å². The molecule has 0 amide bonds. The fourth-order valence-electron chi connectivity index (χ4n) is 1.91. The van der Waals surface area contributed by atoms with Crippen molar-refractivity contribution < 1.29 is 0 Å². The first-order valence-electron chi connectivity index (χ1n) is 6.59. The average Bonchev–Trinajstić information content (AvgIpc) is 3.14.